The predicted molar refractivity (Wildman–Crippen MR) is 209 cm³/mol. The lowest BCUT2D eigenvalue weighted by Crippen LogP contribution is -2.28. The van der Waals surface area contributed by atoms with Crippen molar-refractivity contribution in [2.45, 2.75) is 5.41 Å². The molecule has 0 atom stereocenters. The van der Waals surface area contributed by atoms with Crippen LogP contribution in [0.3, 0.4) is 0 Å². The number of benzene rings is 8. The van der Waals surface area contributed by atoms with E-state index in [4.69, 9.17) is 0 Å². The van der Waals surface area contributed by atoms with Gasteiger partial charge < -0.3 is 4.90 Å². The molecule has 0 heterocycles. The van der Waals surface area contributed by atoms with Crippen molar-refractivity contribution in [2.24, 2.45) is 0 Å². The van der Waals surface area contributed by atoms with E-state index in [2.05, 4.69) is 217 Å². The van der Waals surface area contributed by atoms with Crippen LogP contribution in [0.2, 0.25) is 0 Å². The third-order valence-corrected chi connectivity index (χ3v) is 10.1. The second-order valence-corrected chi connectivity index (χ2v) is 12.9. The number of rotatable bonds is 7. The van der Waals surface area contributed by atoms with Crippen LogP contribution in [0.25, 0.3) is 33.4 Å². The van der Waals surface area contributed by atoms with E-state index in [1.54, 1.807) is 0 Å². The van der Waals surface area contributed by atoms with Gasteiger partial charge in [0.1, 0.15) is 0 Å². The van der Waals surface area contributed by atoms with E-state index in [1.807, 2.05) is 0 Å². The molecule has 0 radical (unpaired) electrons. The van der Waals surface area contributed by atoms with Gasteiger partial charge in [-0.2, -0.15) is 0 Å². The maximum Gasteiger partial charge on any atom is 0.0714 e. The lowest BCUT2D eigenvalue weighted by molar-refractivity contribution is 0.768. The molecule has 1 aliphatic carbocycles. The molecule has 1 nitrogen and oxygen atoms in total. The largest absolute Gasteiger partial charge is 0.310 e. The zero-order chi connectivity index (χ0) is 33.3. The number of nitrogens with zero attached hydrogens (tertiary/aromatic N) is 1. The molecule has 236 valence electrons. The number of hydrogen-bond donors (Lipinski definition) is 0. The molecule has 0 fully saturated rings. The van der Waals surface area contributed by atoms with E-state index < -0.39 is 5.41 Å². The molecule has 0 saturated heterocycles. The SMILES string of the molecule is c1ccc(-c2cccc(-c3ccc(N(c4ccccc4)c4ccc5c(c4)C(c4ccccc4)(c4ccccc4)c4ccccc4-5)cc3)c2)cc1. The van der Waals surface area contributed by atoms with Crippen molar-refractivity contribution in [1.29, 1.82) is 0 Å². The van der Waals surface area contributed by atoms with Gasteiger partial charge in [-0.25, -0.2) is 0 Å². The molecule has 0 N–H and O–H groups in total. The molecule has 9 rings (SSSR count). The third kappa shape index (κ3) is 4.95. The molecular weight excluding hydrogens is 603 g/mol. The van der Waals surface area contributed by atoms with Gasteiger partial charge in [-0.1, -0.05) is 170 Å². The summed E-state index contributed by atoms with van der Waals surface area (Å²) in [5.74, 6) is 0. The zero-order valence-corrected chi connectivity index (χ0v) is 27.7. The van der Waals surface area contributed by atoms with Gasteiger partial charge >= 0.3 is 0 Å². The van der Waals surface area contributed by atoms with E-state index >= 15 is 0 Å². The maximum atomic E-state index is 2.43. The molecule has 0 amide bonds. The average Bonchev–Trinajstić information content (AvgIpc) is 3.50. The minimum absolute atomic E-state index is 0.458. The van der Waals surface area contributed by atoms with Crippen molar-refractivity contribution in [3.63, 3.8) is 0 Å². The summed E-state index contributed by atoms with van der Waals surface area (Å²) in [5, 5.41) is 0. The van der Waals surface area contributed by atoms with E-state index in [-0.39, 0.29) is 0 Å². The summed E-state index contributed by atoms with van der Waals surface area (Å²) < 4.78 is 0. The van der Waals surface area contributed by atoms with Crippen molar-refractivity contribution < 1.29 is 0 Å². The number of fused-ring (bicyclic) bond motifs is 3. The third-order valence-electron chi connectivity index (χ3n) is 10.1. The van der Waals surface area contributed by atoms with Crippen molar-refractivity contribution in [3.05, 3.63) is 235 Å². The molecule has 0 saturated carbocycles. The lowest BCUT2D eigenvalue weighted by atomic mass is 9.67. The standard InChI is InChI=1S/C49H35N/c1-5-16-36(17-6-1)38-18-15-19-39(34-38)37-28-30-43(31-29-37)50(42-24-11-4-12-25-42)44-32-33-46-45-26-13-14-27-47(45)49(48(46)35-44,40-20-7-2-8-21-40)41-22-9-3-10-23-41/h1-35H. The highest BCUT2D eigenvalue weighted by Gasteiger charge is 2.46. The Bertz CT molecular complexity index is 2360. The van der Waals surface area contributed by atoms with Crippen LogP contribution < -0.4 is 4.90 Å². The Hall–Kier alpha value is -6.44. The first kappa shape index (κ1) is 29.7. The minimum Gasteiger partial charge on any atom is -0.310 e. The van der Waals surface area contributed by atoms with Crippen molar-refractivity contribution >= 4 is 17.1 Å². The van der Waals surface area contributed by atoms with Crippen LogP contribution in [0.15, 0.2) is 212 Å². The van der Waals surface area contributed by atoms with E-state index in [1.165, 1.54) is 55.6 Å². The van der Waals surface area contributed by atoms with Crippen LogP contribution in [-0.4, -0.2) is 0 Å². The average molecular weight is 638 g/mol. The van der Waals surface area contributed by atoms with Crippen molar-refractivity contribution in [2.75, 3.05) is 4.90 Å². The second kappa shape index (κ2) is 12.5. The van der Waals surface area contributed by atoms with E-state index in [0.717, 1.165) is 17.1 Å². The Kier molecular flexibility index (Phi) is 7.44. The lowest BCUT2D eigenvalue weighted by Gasteiger charge is -2.35. The van der Waals surface area contributed by atoms with Gasteiger partial charge in [0.2, 0.25) is 0 Å². The molecule has 1 aliphatic rings. The Labute approximate surface area is 294 Å². The monoisotopic (exact) mass is 637 g/mol. The van der Waals surface area contributed by atoms with Gasteiger partial charge in [-0.15, -0.1) is 0 Å². The van der Waals surface area contributed by atoms with Gasteiger partial charge in [0.15, 0.2) is 0 Å². The summed E-state index contributed by atoms with van der Waals surface area (Å²) in [5.41, 5.74) is 15.4. The number of para-hydroxylation sites is 1. The van der Waals surface area contributed by atoms with Gasteiger partial charge in [0, 0.05) is 17.1 Å². The summed E-state index contributed by atoms with van der Waals surface area (Å²) in [6.45, 7) is 0. The molecule has 0 aromatic heterocycles. The molecular formula is C49H35N. The summed E-state index contributed by atoms with van der Waals surface area (Å²) in [4.78, 5) is 2.38. The fraction of sp³-hybridized carbons (Fsp3) is 0.0204. The highest BCUT2D eigenvalue weighted by Crippen LogP contribution is 2.57. The molecule has 8 aromatic rings. The van der Waals surface area contributed by atoms with Crippen LogP contribution >= 0.6 is 0 Å². The topological polar surface area (TPSA) is 3.24 Å². The Balaban J connectivity index is 1.20. The minimum atomic E-state index is -0.458. The molecule has 0 bridgehead atoms. The molecule has 0 unspecified atom stereocenters. The Morgan fingerprint density at radius 2 is 0.740 bits per heavy atom. The first-order chi connectivity index (χ1) is 24.8. The molecule has 0 aliphatic heterocycles. The molecule has 50 heavy (non-hydrogen) atoms. The van der Waals surface area contributed by atoms with E-state index in [9.17, 15) is 0 Å². The second-order valence-electron chi connectivity index (χ2n) is 12.9. The van der Waals surface area contributed by atoms with Crippen molar-refractivity contribution in [1.82, 2.24) is 0 Å². The fourth-order valence-electron chi connectivity index (χ4n) is 7.91. The van der Waals surface area contributed by atoms with Crippen LogP contribution in [0.4, 0.5) is 17.1 Å². The zero-order valence-electron chi connectivity index (χ0n) is 27.7. The van der Waals surface area contributed by atoms with Crippen LogP contribution in [0.5, 0.6) is 0 Å². The quantitative estimate of drug-likeness (QED) is 0.168. The Morgan fingerprint density at radius 3 is 1.38 bits per heavy atom. The first-order valence-corrected chi connectivity index (χ1v) is 17.3. The highest BCUT2D eigenvalue weighted by atomic mass is 15.1. The molecule has 1 heteroatoms. The normalized spacial score (nSPS) is 12.6. The number of hydrogen-bond acceptors (Lipinski definition) is 1. The smallest absolute Gasteiger partial charge is 0.0714 e. The van der Waals surface area contributed by atoms with Gasteiger partial charge in [-0.3, -0.25) is 0 Å². The summed E-state index contributed by atoms with van der Waals surface area (Å²) >= 11 is 0. The van der Waals surface area contributed by atoms with Crippen LogP contribution in [0, 0.1) is 0 Å². The van der Waals surface area contributed by atoms with Gasteiger partial charge in [0.25, 0.3) is 0 Å². The predicted octanol–water partition coefficient (Wildman–Crippen LogP) is 12.9. The summed E-state index contributed by atoms with van der Waals surface area (Å²) in [7, 11) is 0. The van der Waals surface area contributed by atoms with Crippen LogP contribution in [0.1, 0.15) is 22.3 Å². The molecule has 0 spiro atoms. The van der Waals surface area contributed by atoms with Gasteiger partial charge in [0.05, 0.1) is 5.41 Å². The van der Waals surface area contributed by atoms with E-state index in [0.29, 0.717) is 0 Å². The maximum absolute atomic E-state index is 2.43. The highest BCUT2D eigenvalue weighted by molar-refractivity contribution is 5.89. The summed E-state index contributed by atoms with van der Waals surface area (Å²) in [6.07, 6.45) is 0. The molecule has 8 aromatic carbocycles. The number of anilines is 3. The summed E-state index contributed by atoms with van der Waals surface area (Å²) in [6, 6.07) is 77.1. The van der Waals surface area contributed by atoms with Gasteiger partial charge in [-0.05, 0) is 98.1 Å². The van der Waals surface area contributed by atoms with Crippen molar-refractivity contribution in [3.8, 4) is 33.4 Å². The Morgan fingerprint density at radius 1 is 0.280 bits per heavy atom. The van der Waals surface area contributed by atoms with Crippen LogP contribution in [-0.2, 0) is 5.41 Å². The first-order valence-electron chi connectivity index (χ1n) is 17.3. The fourth-order valence-corrected chi connectivity index (χ4v) is 7.91.